The van der Waals surface area contributed by atoms with Crippen LogP contribution in [0.25, 0.3) is 6.08 Å². The minimum absolute atomic E-state index is 0.422. The van der Waals surface area contributed by atoms with Crippen LogP contribution >= 0.6 is 11.3 Å². The van der Waals surface area contributed by atoms with E-state index >= 15 is 0 Å². The molecule has 1 N–H and O–H groups in total. The van der Waals surface area contributed by atoms with Gasteiger partial charge in [-0.3, -0.25) is 0 Å². The quantitative estimate of drug-likeness (QED) is 0.856. The molecule has 0 aromatic carbocycles. The third kappa shape index (κ3) is 2.92. The van der Waals surface area contributed by atoms with Gasteiger partial charge in [0.25, 0.3) is 0 Å². The molecule has 20 heavy (non-hydrogen) atoms. The zero-order valence-corrected chi connectivity index (χ0v) is 11.4. The molecule has 7 heteroatoms. The van der Waals surface area contributed by atoms with Crippen LogP contribution < -0.4 is 0 Å². The van der Waals surface area contributed by atoms with Crippen molar-refractivity contribution in [3.8, 4) is 0 Å². The van der Waals surface area contributed by atoms with Gasteiger partial charge in [-0.25, -0.2) is 4.79 Å². The summed E-state index contributed by atoms with van der Waals surface area (Å²) in [5, 5.41) is 8.69. The maximum atomic E-state index is 10.6. The number of hydrogen-bond donors (Lipinski definition) is 1. The number of carboxylic acids is 1. The van der Waals surface area contributed by atoms with Crippen LogP contribution in [-0.2, 0) is 23.7 Å². The summed E-state index contributed by atoms with van der Waals surface area (Å²) in [7, 11) is 0. The summed E-state index contributed by atoms with van der Waals surface area (Å²) in [5.74, 6) is -0.983. The predicted molar refractivity (Wildman–Crippen MR) is 70.3 cm³/mol. The second kappa shape index (κ2) is 6.02. The van der Waals surface area contributed by atoms with Gasteiger partial charge in [0.1, 0.15) is 0 Å². The van der Waals surface area contributed by atoms with Crippen molar-refractivity contribution in [1.82, 2.24) is 0 Å². The standard InChI is InChI=1S/C13H14O6S/c14-10(15)2-1-8-7-9(12-16-3-4-17-12)11(20-8)13-18-5-6-19-13/h1-2,7,12-13H,3-6H2,(H,14,15). The molecule has 0 aliphatic carbocycles. The van der Waals surface area contributed by atoms with Crippen molar-refractivity contribution in [2.75, 3.05) is 26.4 Å². The smallest absolute Gasteiger partial charge is 0.328 e. The maximum Gasteiger partial charge on any atom is 0.328 e. The van der Waals surface area contributed by atoms with Crippen molar-refractivity contribution in [3.05, 3.63) is 27.5 Å². The highest BCUT2D eigenvalue weighted by Crippen LogP contribution is 2.39. The molecule has 2 aliphatic rings. The number of thiophene rings is 1. The normalized spacial score (nSPS) is 21.2. The molecule has 2 saturated heterocycles. The Labute approximate surface area is 119 Å². The first-order valence-corrected chi connectivity index (χ1v) is 7.07. The van der Waals surface area contributed by atoms with Crippen LogP contribution in [0.4, 0.5) is 0 Å². The van der Waals surface area contributed by atoms with Gasteiger partial charge in [0.2, 0.25) is 0 Å². The molecule has 0 radical (unpaired) electrons. The monoisotopic (exact) mass is 298 g/mol. The van der Waals surface area contributed by atoms with Crippen LogP contribution in [0, 0.1) is 0 Å². The molecule has 1 aromatic rings. The first-order chi connectivity index (χ1) is 9.74. The van der Waals surface area contributed by atoms with E-state index in [9.17, 15) is 4.79 Å². The van der Waals surface area contributed by atoms with Gasteiger partial charge >= 0.3 is 5.97 Å². The van der Waals surface area contributed by atoms with Gasteiger partial charge in [0.05, 0.1) is 31.3 Å². The van der Waals surface area contributed by atoms with Gasteiger partial charge in [0, 0.05) is 16.5 Å². The van der Waals surface area contributed by atoms with Crippen LogP contribution in [0.3, 0.4) is 0 Å². The largest absolute Gasteiger partial charge is 0.478 e. The lowest BCUT2D eigenvalue weighted by atomic mass is 10.2. The van der Waals surface area contributed by atoms with Crippen LogP contribution in [0.15, 0.2) is 12.1 Å². The zero-order chi connectivity index (χ0) is 13.9. The van der Waals surface area contributed by atoms with Crippen molar-refractivity contribution in [1.29, 1.82) is 0 Å². The lowest BCUT2D eigenvalue weighted by molar-refractivity contribution is -0.131. The molecule has 0 amide bonds. The molecule has 0 spiro atoms. The van der Waals surface area contributed by atoms with Crippen molar-refractivity contribution in [3.63, 3.8) is 0 Å². The molecule has 108 valence electrons. The average molecular weight is 298 g/mol. The van der Waals surface area contributed by atoms with Crippen LogP contribution in [0.1, 0.15) is 27.9 Å². The van der Waals surface area contributed by atoms with Crippen LogP contribution in [0.5, 0.6) is 0 Å². The lowest BCUT2D eigenvalue weighted by Gasteiger charge is -2.13. The molecule has 0 saturated carbocycles. The summed E-state index contributed by atoms with van der Waals surface area (Å²) in [6.07, 6.45) is 1.80. The number of aliphatic carboxylic acids is 1. The molecular formula is C13H14O6S. The van der Waals surface area contributed by atoms with Gasteiger partial charge in [-0.1, -0.05) is 0 Å². The average Bonchev–Trinajstić information content (AvgIpc) is 3.15. The van der Waals surface area contributed by atoms with E-state index < -0.39 is 18.5 Å². The highest BCUT2D eigenvalue weighted by Gasteiger charge is 2.30. The van der Waals surface area contributed by atoms with Gasteiger partial charge in [-0.05, 0) is 12.1 Å². The third-order valence-corrected chi connectivity index (χ3v) is 4.05. The van der Waals surface area contributed by atoms with Crippen molar-refractivity contribution in [2.24, 2.45) is 0 Å². The number of rotatable bonds is 4. The molecule has 6 nitrogen and oxygen atoms in total. The first kappa shape index (κ1) is 13.7. The molecular weight excluding hydrogens is 284 g/mol. The lowest BCUT2D eigenvalue weighted by Crippen LogP contribution is -2.04. The first-order valence-electron chi connectivity index (χ1n) is 6.25. The Morgan fingerprint density at radius 1 is 1.15 bits per heavy atom. The molecule has 1 aromatic heterocycles. The highest BCUT2D eigenvalue weighted by atomic mass is 32.1. The summed E-state index contributed by atoms with van der Waals surface area (Å²) < 4.78 is 22.1. The molecule has 2 aliphatic heterocycles. The summed E-state index contributed by atoms with van der Waals surface area (Å²) in [6, 6.07) is 1.86. The van der Waals surface area contributed by atoms with E-state index in [-0.39, 0.29) is 0 Å². The fourth-order valence-electron chi connectivity index (χ4n) is 2.09. The van der Waals surface area contributed by atoms with Gasteiger partial charge in [-0.15, -0.1) is 11.3 Å². The summed E-state index contributed by atoms with van der Waals surface area (Å²) in [6.45, 7) is 2.20. The molecule has 0 unspecified atom stereocenters. The van der Waals surface area contributed by atoms with E-state index in [0.29, 0.717) is 26.4 Å². The number of hydrogen-bond acceptors (Lipinski definition) is 6. The minimum Gasteiger partial charge on any atom is -0.478 e. The van der Waals surface area contributed by atoms with E-state index in [1.165, 1.54) is 11.3 Å². The molecule has 3 rings (SSSR count). The number of ether oxygens (including phenoxy) is 4. The Hall–Kier alpha value is -1.25. The van der Waals surface area contributed by atoms with Gasteiger partial charge in [-0.2, -0.15) is 0 Å². The summed E-state index contributed by atoms with van der Waals surface area (Å²) in [4.78, 5) is 12.3. The highest BCUT2D eigenvalue weighted by molar-refractivity contribution is 7.13. The Morgan fingerprint density at radius 3 is 2.35 bits per heavy atom. The molecule has 2 fully saturated rings. The Kier molecular flexibility index (Phi) is 4.13. The Bertz CT molecular complexity index is 477. The van der Waals surface area contributed by atoms with E-state index in [1.807, 2.05) is 6.07 Å². The second-order valence-electron chi connectivity index (χ2n) is 4.29. The van der Waals surface area contributed by atoms with Crippen molar-refractivity contribution in [2.45, 2.75) is 12.6 Å². The van der Waals surface area contributed by atoms with Crippen LogP contribution in [0.2, 0.25) is 0 Å². The Balaban J connectivity index is 1.90. The maximum absolute atomic E-state index is 10.6. The van der Waals surface area contributed by atoms with Gasteiger partial charge < -0.3 is 24.1 Å². The summed E-state index contributed by atoms with van der Waals surface area (Å²) >= 11 is 1.43. The number of carbonyl (C=O) groups is 1. The molecule has 3 heterocycles. The Morgan fingerprint density at radius 2 is 1.75 bits per heavy atom. The molecule has 0 atom stereocenters. The second-order valence-corrected chi connectivity index (χ2v) is 5.40. The fraction of sp³-hybridized carbons (Fsp3) is 0.462. The van der Waals surface area contributed by atoms with E-state index in [4.69, 9.17) is 24.1 Å². The summed E-state index contributed by atoms with van der Waals surface area (Å²) in [5.41, 5.74) is 0.851. The third-order valence-electron chi connectivity index (χ3n) is 2.91. The van der Waals surface area contributed by atoms with Crippen molar-refractivity contribution < 1.29 is 28.8 Å². The van der Waals surface area contributed by atoms with Gasteiger partial charge in [0.15, 0.2) is 12.6 Å². The van der Waals surface area contributed by atoms with Crippen LogP contribution in [-0.4, -0.2) is 37.5 Å². The SMILES string of the molecule is O=C(O)C=Cc1cc(C2OCCO2)c(C2OCCO2)s1. The van der Waals surface area contributed by atoms with Crippen molar-refractivity contribution >= 4 is 23.4 Å². The molecule has 0 bridgehead atoms. The zero-order valence-electron chi connectivity index (χ0n) is 10.6. The van der Waals surface area contributed by atoms with E-state index in [0.717, 1.165) is 21.4 Å². The topological polar surface area (TPSA) is 74.2 Å². The number of carboxylic acid groups (broad SMARTS) is 1. The van der Waals surface area contributed by atoms with E-state index in [2.05, 4.69) is 0 Å². The fourth-order valence-corrected chi connectivity index (χ4v) is 3.17. The predicted octanol–water partition coefficient (Wildman–Crippen LogP) is 1.94. The minimum atomic E-state index is -0.983. The van der Waals surface area contributed by atoms with E-state index in [1.54, 1.807) is 6.08 Å².